The Labute approximate surface area is 178 Å². The molecule has 0 amide bonds. The van der Waals surface area contributed by atoms with Crippen molar-refractivity contribution >= 4 is 33.4 Å². The van der Waals surface area contributed by atoms with E-state index in [0.717, 1.165) is 7.11 Å². The van der Waals surface area contributed by atoms with Crippen molar-refractivity contribution in [2.24, 2.45) is 5.73 Å². The van der Waals surface area contributed by atoms with Crippen molar-refractivity contribution < 1.29 is 32.2 Å². The third-order valence-corrected chi connectivity index (χ3v) is 5.69. The number of ether oxygens (including phenoxy) is 2. The van der Waals surface area contributed by atoms with E-state index in [0.29, 0.717) is 21.2 Å². The van der Waals surface area contributed by atoms with Crippen LogP contribution >= 0.6 is 11.3 Å². The molecular weight excluding hydrogens is 435 g/mol. The summed E-state index contributed by atoms with van der Waals surface area (Å²) in [6.07, 6.45) is -4.74. The molecule has 0 saturated heterocycles. The lowest BCUT2D eigenvalue weighted by Gasteiger charge is -2.29. The third kappa shape index (κ3) is 4.20. The summed E-state index contributed by atoms with van der Waals surface area (Å²) in [4.78, 5) is 25.2. The molecular formula is C20H16F3N3O4S. The number of rotatable bonds is 4. The highest BCUT2D eigenvalue weighted by Crippen LogP contribution is 2.43. The number of esters is 2. The molecule has 0 fully saturated rings. The Kier molecular flexibility index (Phi) is 5.94. The topological polar surface area (TPSA) is 114 Å². The molecule has 1 aliphatic rings. The number of fused-ring (bicyclic) bond motifs is 1. The van der Waals surface area contributed by atoms with Gasteiger partial charge in [-0.25, -0.2) is 9.59 Å². The first kappa shape index (κ1) is 22.2. The number of nitrogens with zero attached hydrogens (tertiary/aromatic N) is 1. The summed E-state index contributed by atoms with van der Waals surface area (Å²) in [5, 5.41) is 14.2. The number of nitrogens with one attached hydrogen (secondary N) is 1. The summed E-state index contributed by atoms with van der Waals surface area (Å²) in [5.41, 5.74) is 6.68. The molecule has 0 bridgehead atoms. The van der Waals surface area contributed by atoms with E-state index >= 15 is 0 Å². The van der Waals surface area contributed by atoms with E-state index in [4.69, 9.17) is 10.5 Å². The molecule has 162 valence electrons. The summed E-state index contributed by atoms with van der Waals surface area (Å²) in [6, 6.07) is 6.98. The monoisotopic (exact) mass is 451 g/mol. The number of carbonyl (C=O) groups is 2. The highest BCUT2D eigenvalue weighted by molar-refractivity contribution is 7.17. The Hall–Kier alpha value is -3.52. The van der Waals surface area contributed by atoms with Crippen molar-refractivity contribution in [1.29, 1.82) is 5.26 Å². The number of carbonyl (C=O) groups excluding carboxylic acids is 2. The zero-order valence-electron chi connectivity index (χ0n) is 16.3. The van der Waals surface area contributed by atoms with Crippen molar-refractivity contribution in [3.63, 3.8) is 0 Å². The predicted molar refractivity (Wildman–Crippen MR) is 105 cm³/mol. The van der Waals surface area contributed by atoms with Crippen LogP contribution < -0.4 is 11.1 Å². The predicted octanol–water partition coefficient (Wildman–Crippen LogP) is 3.18. The van der Waals surface area contributed by atoms with Gasteiger partial charge < -0.3 is 20.5 Å². The molecule has 1 unspecified atom stereocenters. The molecule has 1 atom stereocenters. The molecule has 7 nitrogen and oxygen atoms in total. The SMILES string of the molecule is COC(=O)C1=C(C)NC(N)=C(C(=O)OCC(F)(F)F)C1c1csc2c(C#N)cccc12. The summed E-state index contributed by atoms with van der Waals surface area (Å²) in [6.45, 7) is -0.284. The average molecular weight is 451 g/mol. The Morgan fingerprint density at radius 1 is 1.29 bits per heavy atom. The second-order valence-electron chi connectivity index (χ2n) is 6.59. The quantitative estimate of drug-likeness (QED) is 0.686. The van der Waals surface area contributed by atoms with Crippen LogP contribution in [0.2, 0.25) is 0 Å². The Morgan fingerprint density at radius 3 is 2.61 bits per heavy atom. The zero-order chi connectivity index (χ0) is 22.9. The number of dihydropyridines is 1. The third-order valence-electron chi connectivity index (χ3n) is 4.65. The van der Waals surface area contributed by atoms with Crippen molar-refractivity contribution in [1.82, 2.24) is 5.32 Å². The normalized spacial score (nSPS) is 16.7. The van der Waals surface area contributed by atoms with Crippen LogP contribution in [0.5, 0.6) is 0 Å². The first-order valence-corrected chi connectivity index (χ1v) is 9.66. The van der Waals surface area contributed by atoms with Gasteiger partial charge in [-0.1, -0.05) is 12.1 Å². The number of nitrogens with two attached hydrogens (primary N) is 1. The van der Waals surface area contributed by atoms with Gasteiger partial charge in [-0.15, -0.1) is 11.3 Å². The lowest BCUT2D eigenvalue weighted by molar-refractivity contribution is -0.183. The summed E-state index contributed by atoms with van der Waals surface area (Å²) < 4.78 is 47.7. The fourth-order valence-corrected chi connectivity index (χ4v) is 4.45. The summed E-state index contributed by atoms with van der Waals surface area (Å²) >= 11 is 1.20. The van der Waals surface area contributed by atoms with Crippen LogP contribution in [0.1, 0.15) is 24.0 Å². The fourth-order valence-electron chi connectivity index (χ4n) is 3.39. The first-order valence-electron chi connectivity index (χ1n) is 8.78. The van der Waals surface area contributed by atoms with Gasteiger partial charge >= 0.3 is 18.1 Å². The van der Waals surface area contributed by atoms with Gasteiger partial charge in [0, 0.05) is 5.70 Å². The smallest absolute Gasteiger partial charge is 0.422 e. The Morgan fingerprint density at radius 2 is 2.00 bits per heavy atom. The van der Waals surface area contributed by atoms with E-state index < -0.39 is 30.6 Å². The van der Waals surface area contributed by atoms with Gasteiger partial charge in [-0.2, -0.15) is 18.4 Å². The number of benzene rings is 1. The minimum Gasteiger partial charge on any atom is -0.466 e. The number of thiophene rings is 1. The molecule has 1 aromatic heterocycles. The lowest BCUT2D eigenvalue weighted by atomic mass is 9.81. The number of allylic oxidation sites excluding steroid dienone is 1. The van der Waals surface area contributed by atoms with Gasteiger partial charge in [0.25, 0.3) is 0 Å². The van der Waals surface area contributed by atoms with E-state index in [9.17, 15) is 28.0 Å². The van der Waals surface area contributed by atoms with Gasteiger partial charge in [0.1, 0.15) is 11.9 Å². The van der Waals surface area contributed by atoms with Gasteiger partial charge in [0.05, 0.1) is 34.4 Å². The summed E-state index contributed by atoms with van der Waals surface area (Å²) in [7, 11) is 1.14. The van der Waals surface area contributed by atoms with Crippen LogP contribution in [0.4, 0.5) is 13.2 Å². The fraction of sp³-hybridized carbons (Fsp3) is 0.250. The van der Waals surface area contributed by atoms with Gasteiger partial charge in [-0.3, -0.25) is 0 Å². The van der Waals surface area contributed by atoms with Crippen LogP contribution in [-0.2, 0) is 19.1 Å². The second kappa shape index (κ2) is 8.31. The van der Waals surface area contributed by atoms with Crippen molar-refractivity contribution in [3.05, 3.63) is 57.4 Å². The molecule has 0 saturated carbocycles. The van der Waals surface area contributed by atoms with E-state index in [1.54, 1.807) is 23.6 Å². The van der Waals surface area contributed by atoms with Gasteiger partial charge in [0.2, 0.25) is 0 Å². The van der Waals surface area contributed by atoms with Crippen LogP contribution in [0, 0.1) is 11.3 Å². The van der Waals surface area contributed by atoms with E-state index in [1.807, 2.05) is 0 Å². The minimum absolute atomic E-state index is 0.00211. The number of hydrogen-bond acceptors (Lipinski definition) is 8. The van der Waals surface area contributed by atoms with Gasteiger partial charge in [-0.05, 0) is 29.3 Å². The van der Waals surface area contributed by atoms with Gasteiger partial charge in [0.15, 0.2) is 6.61 Å². The van der Waals surface area contributed by atoms with E-state index in [2.05, 4.69) is 16.1 Å². The Balaban J connectivity index is 2.21. The molecule has 11 heteroatoms. The molecule has 31 heavy (non-hydrogen) atoms. The molecule has 2 heterocycles. The highest BCUT2D eigenvalue weighted by atomic mass is 32.1. The maximum atomic E-state index is 12.7. The molecule has 0 aliphatic carbocycles. The largest absolute Gasteiger partial charge is 0.466 e. The molecule has 0 radical (unpaired) electrons. The maximum absolute atomic E-state index is 12.7. The van der Waals surface area contributed by atoms with Crippen molar-refractivity contribution in [2.75, 3.05) is 13.7 Å². The van der Waals surface area contributed by atoms with Crippen LogP contribution in [0.15, 0.2) is 46.2 Å². The van der Waals surface area contributed by atoms with Crippen LogP contribution in [0.3, 0.4) is 0 Å². The first-order chi connectivity index (χ1) is 14.6. The van der Waals surface area contributed by atoms with E-state index in [1.165, 1.54) is 18.3 Å². The van der Waals surface area contributed by atoms with Crippen molar-refractivity contribution in [2.45, 2.75) is 19.0 Å². The molecule has 2 aromatic rings. The highest BCUT2D eigenvalue weighted by Gasteiger charge is 2.41. The standard InChI is InChI=1S/C20H16F3N3O4S/c1-9-13(18(27)29-2)14(12-7-31-16-10(6-24)4-3-5-11(12)16)15(17(25)26-9)19(28)30-8-20(21,22)23/h3-5,7,14,26H,8,25H2,1-2H3. The number of alkyl halides is 3. The molecule has 3 N–H and O–H groups in total. The molecule has 0 spiro atoms. The molecule has 1 aromatic carbocycles. The zero-order valence-corrected chi connectivity index (χ0v) is 17.1. The maximum Gasteiger partial charge on any atom is 0.422 e. The van der Waals surface area contributed by atoms with Crippen molar-refractivity contribution in [3.8, 4) is 6.07 Å². The number of halogens is 3. The van der Waals surface area contributed by atoms with E-state index in [-0.39, 0.29) is 22.7 Å². The lowest BCUT2D eigenvalue weighted by Crippen LogP contribution is -2.36. The minimum atomic E-state index is -4.74. The average Bonchev–Trinajstić information content (AvgIpc) is 3.14. The van der Waals surface area contributed by atoms with Crippen LogP contribution in [0.25, 0.3) is 10.1 Å². The Bertz CT molecular complexity index is 1170. The second-order valence-corrected chi connectivity index (χ2v) is 7.47. The molecule has 3 rings (SSSR count). The number of nitriles is 1. The summed E-state index contributed by atoms with van der Waals surface area (Å²) in [5.74, 6) is -3.51. The number of hydrogen-bond donors (Lipinski definition) is 2. The number of methoxy groups -OCH3 is 1. The molecule has 1 aliphatic heterocycles. The van der Waals surface area contributed by atoms with Crippen LogP contribution in [-0.4, -0.2) is 31.8 Å².